The summed E-state index contributed by atoms with van der Waals surface area (Å²) in [6, 6.07) is 8.04. The molecule has 0 heterocycles. The van der Waals surface area contributed by atoms with Crippen LogP contribution in [0.5, 0.6) is 0 Å². The summed E-state index contributed by atoms with van der Waals surface area (Å²) < 4.78 is 26.2. The predicted octanol–water partition coefficient (Wildman–Crippen LogP) is 4.01. The summed E-state index contributed by atoms with van der Waals surface area (Å²) in [5.74, 6) is -1.46. The summed E-state index contributed by atoms with van der Waals surface area (Å²) in [6.07, 6.45) is -1.15. The van der Waals surface area contributed by atoms with E-state index in [1.54, 1.807) is 18.2 Å². The van der Waals surface area contributed by atoms with Crippen LogP contribution in [0.15, 0.2) is 36.4 Å². The molecule has 1 atom stereocenters. The molecule has 2 aromatic carbocycles. The second-order valence-electron chi connectivity index (χ2n) is 4.13. The van der Waals surface area contributed by atoms with Crippen LogP contribution in [0.4, 0.5) is 8.78 Å². The lowest BCUT2D eigenvalue weighted by molar-refractivity contribution is 0.219. The highest BCUT2D eigenvalue weighted by atomic mass is 35.5. The summed E-state index contributed by atoms with van der Waals surface area (Å²) in [5, 5.41) is 10.5. The van der Waals surface area contributed by atoms with E-state index in [0.29, 0.717) is 10.6 Å². The maximum Gasteiger partial charge on any atom is 0.126 e. The molecule has 0 spiro atoms. The molecule has 0 saturated carbocycles. The minimum absolute atomic E-state index is 0.137. The molecule has 0 saturated heterocycles. The third-order valence-corrected chi connectivity index (χ3v) is 2.98. The fourth-order valence-electron chi connectivity index (χ4n) is 1.77. The number of aryl methyl sites for hydroxylation is 1. The van der Waals surface area contributed by atoms with Gasteiger partial charge in [-0.1, -0.05) is 23.7 Å². The zero-order valence-electron chi connectivity index (χ0n) is 9.62. The van der Waals surface area contributed by atoms with E-state index in [0.717, 1.165) is 23.8 Å². The Bertz CT molecular complexity index is 564. The molecule has 0 aliphatic heterocycles. The van der Waals surface area contributed by atoms with Gasteiger partial charge in [0.05, 0.1) is 0 Å². The highest BCUT2D eigenvalue weighted by Crippen LogP contribution is 2.29. The Balaban J connectivity index is 2.44. The smallest absolute Gasteiger partial charge is 0.126 e. The number of aliphatic hydroxyl groups excluding tert-OH is 1. The van der Waals surface area contributed by atoms with Crippen molar-refractivity contribution in [2.75, 3.05) is 0 Å². The molecule has 94 valence electrons. The Kier molecular flexibility index (Phi) is 3.64. The predicted molar refractivity (Wildman–Crippen MR) is 66.6 cm³/mol. The van der Waals surface area contributed by atoms with Gasteiger partial charge in [-0.25, -0.2) is 8.78 Å². The first-order valence-electron chi connectivity index (χ1n) is 5.37. The summed E-state index contributed by atoms with van der Waals surface area (Å²) in [5.41, 5.74) is 1.51. The zero-order chi connectivity index (χ0) is 13.3. The van der Waals surface area contributed by atoms with Crippen LogP contribution in [-0.4, -0.2) is 5.11 Å². The fourth-order valence-corrected chi connectivity index (χ4v) is 2.10. The van der Waals surface area contributed by atoms with Gasteiger partial charge in [-0.05, 0) is 36.2 Å². The first kappa shape index (κ1) is 13.0. The van der Waals surface area contributed by atoms with E-state index >= 15 is 0 Å². The van der Waals surface area contributed by atoms with Crippen molar-refractivity contribution in [2.45, 2.75) is 13.0 Å². The molecular weight excluding hydrogens is 258 g/mol. The summed E-state index contributed by atoms with van der Waals surface area (Å²) >= 11 is 6.01. The first-order valence-corrected chi connectivity index (χ1v) is 5.75. The molecule has 4 heteroatoms. The fraction of sp³-hybridized carbons (Fsp3) is 0.143. The van der Waals surface area contributed by atoms with Crippen molar-refractivity contribution >= 4 is 11.6 Å². The van der Waals surface area contributed by atoms with Crippen LogP contribution >= 0.6 is 11.6 Å². The van der Waals surface area contributed by atoms with E-state index < -0.39 is 17.7 Å². The monoisotopic (exact) mass is 268 g/mol. The van der Waals surface area contributed by atoms with Gasteiger partial charge in [-0.3, -0.25) is 0 Å². The van der Waals surface area contributed by atoms with Crippen molar-refractivity contribution in [3.05, 3.63) is 69.7 Å². The number of hydrogen-bond acceptors (Lipinski definition) is 1. The molecule has 1 nitrogen and oxygen atoms in total. The second-order valence-corrected chi connectivity index (χ2v) is 4.54. The zero-order valence-corrected chi connectivity index (χ0v) is 10.4. The third kappa shape index (κ3) is 2.68. The van der Waals surface area contributed by atoms with Gasteiger partial charge in [0.15, 0.2) is 0 Å². The molecule has 0 bridgehead atoms. The molecule has 0 aliphatic carbocycles. The van der Waals surface area contributed by atoms with E-state index in [-0.39, 0.29) is 5.56 Å². The second kappa shape index (κ2) is 5.04. The molecule has 0 aliphatic rings. The molecule has 1 unspecified atom stereocenters. The molecule has 18 heavy (non-hydrogen) atoms. The van der Waals surface area contributed by atoms with Crippen LogP contribution in [0.2, 0.25) is 5.02 Å². The number of halogens is 3. The van der Waals surface area contributed by atoms with Crippen LogP contribution in [0.25, 0.3) is 0 Å². The highest BCUT2D eigenvalue weighted by molar-refractivity contribution is 6.31. The van der Waals surface area contributed by atoms with Gasteiger partial charge in [0, 0.05) is 16.7 Å². The average molecular weight is 269 g/mol. The van der Waals surface area contributed by atoms with Gasteiger partial charge in [-0.15, -0.1) is 0 Å². The lowest BCUT2D eigenvalue weighted by atomic mass is 10.0. The van der Waals surface area contributed by atoms with Crippen LogP contribution in [0.3, 0.4) is 0 Å². The quantitative estimate of drug-likeness (QED) is 0.873. The van der Waals surface area contributed by atoms with E-state index in [4.69, 9.17) is 11.6 Å². The maximum absolute atomic E-state index is 13.1. The molecule has 0 aromatic heterocycles. The van der Waals surface area contributed by atoms with Crippen molar-refractivity contribution < 1.29 is 13.9 Å². The van der Waals surface area contributed by atoms with E-state index in [1.807, 2.05) is 6.92 Å². The highest BCUT2D eigenvalue weighted by Gasteiger charge is 2.15. The largest absolute Gasteiger partial charge is 0.384 e. The SMILES string of the molecule is Cc1ccc(C(O)c2cc(F)cc(F)c2)c(Cl)c1. The molecule has 2 aromatic rings. The van der Waals surface area contributed by atoms with Crippen molar-refractivity contribution in [1.82, 2.24) is 0 Å². The van der Waals surface area contributed by atoms with Gasteiger partial charge in [0.1, 0.15) is 17.7 Å². The third-order valence-electron chi connectivity index (χ3n) is 2.65. The van der Waals surface area contributed by atoms with Gasteiger partial charge in [-0.2, -0.15) is 0 Å². The van der Waals surface area contributed by atoms with Crippen LogP contribution in [0, 0.1) is 18.6 Å². The normalized spacial score (nSPS) is 12.5. The van der Waals surface area contributed by atoms with E-state index in [2.05, 4.69) is 0 Å². The van der Waals surface area contributed by atoms with Crippen LogP contribution in [-0.2, 0) is 0 Å². The summed E-state index contributed by atoms with van der Waals surface area (Å²) in [7, 11) is 0. The number of hydrogen-bond donors (Lipinski definition) is 1. The van der Waals surface area contributed by atoms with Crippen molar-refractivity contribution in [2.24, 2.45) is 0 Å². The van der Waals surface area contributed by atoms with Gasteiger partial charge in [0.2, 0.25) is 0 Å². The van der Waals surface area contributed by atoms with Gasteiger partial charge >= 0.3 is 0 Å². The van der Waals surface area contributed by atoms with Crippen molar-refractivity contribution in [3.63, 3.8) is 0 Å². The molecule has 2 rings (SSSR count). The molecule has 0 amide bonds. The summed E-state index contributed by atoms with van der Waals surface area (Å²) in [4.78, 5) is 0. The van der Waals surface area contributed by atoms with Gasteiger partial charge in [0.25, 0.3) is 0 Å². The van der Waals surface area contributed by atoms with Crippen LogP contribution in [0.1, 0.15) is 22.8 Å². The summed E-state index contributed by atoms with van der Waals surface area (Å²) in [6.45, 7) is 1.86. The average Bonchev–Trinajstić information content (AvgIpc) is 2.26. The van der Waals surface area contributed by atoms with E-state index in [9.17, 15) is 13.9 Å². The minimum Gasteiger partial charge on any atom is -0.384 e. The van der Waals surface area contributed by atoms with Crippen molar-refractivity contribution in [3.8, 4) is 0 Å². The Labute approximate surface area is 109 Å². The standard InChI is InChI=1S/C14H11ClF2O/c1-8-2-3-12(13(15)4-8)14(18)9-5-10(16)7-11(17)6-9/h2-7,14,18H,1H3. The Morgan fingerprint density at radius 3 is 2.22 bits per heavy atom. The Morgan fingerprint density at radius 1 is 1.06 bits per heavy atom. The Morgan fingerprint density at radius 2 is 1.67 bits per heavy atom. The topological polar surface area (TPSA) is 20.2 Å². The molecule has 1 N–H and O–H groups in total. The maximum atomic E-state index is 13.1. The number of benzene rings is 2. The Hall–Kier alpha value is -1.45. The van der Waals surface area contributed by atoms with E-state index in [1.165, 1.54) is 0 Å². The lowest BCUT2D eigenvalue weighted by Gasteiger charge is -2.14. The van der Waals surface area contributed by atoms with Crippen LogP contribution < -0.4 is 0 Å². The number of rotatable bonds is 2. The minimum atomic E-state index is -1.15. The molecule has 0 fully saturated rings. The molecular formula is C14H11ClF2O. The first-order chi connectivity index (χ1) is 8.47. The van der Waals surface area contributed by atoms with Crippen molar-refractivity contribution in [1.29, 1.82) is 0 Å². The van der Waals surface area contributed by atoms with Gasteiger partial charge < -0.3 is 5.11 Å². The number of aliphatic hydroxyl groups is 1. The lowest BCUT2D eigenvalue weighted by Crippen LogP contribution is -2.02. The molecule has 0 radical (unpaired) electrons.